The molecule has 4 rings (SSSR count). The first-order valence-corrected chi connectivity index (χ1v) is 12.9. The van der Waals surface area contributed by atoms with Gasteiger partial charge in [0.05, 0.1) is 10.1 Å². The first kappa shape index (κ1) is 23.3. The minimum Gasteiger partial charge on any atom is -0.486 e. The van der Waals surface area contributed by atoms with Crippen LogP contribution in [0, 0.1) is 0 Å². The van der Waals surface area contributed by atoms with E-state index in [1.807, 2.05) is 0 Å². The molecule has 1 aliphatic rings. The lowest BCUT2D eigenvalue weighted by atomic mass is 10.2. The molecule has 1 unspecified atom stereocenters. The number of aromatic nitrogens is 3. The molecular formula is C21H25N5O5S2. The minimum absolute atomic E-state index is 0.147. The highest BCUT2D eigenvalue weighted by molar-refractivity contribution is 8.00. The van der Waals surface area contributed by atoms with Gasteiger partial charge in [0, 0.05) is 31.0 Å². The number of nitrogens with one attached hydrogen (secondary N) is 1. The summed E-state index contributed by atoms with van der Waals surface area (Å²) in [5.74, 6) is 0.997. The van der Waals surface area contributed by atoms with Crippen LogP contribution in [0.1, 0.15) is 20.8 Å². The van der Waals surface area contributed by atoms with Crippen molar-refractivity contribution < 1.29 is 22.7 Å². The molecule has 0 aliphatic carbocycles. The molecule has 0 spiro atoms. The number of hydrogen-bond donors (Lipinski definition) is 1. The largest absolute Gasteiger partial charge is 0.486 e. The summed E-state index contributed by atoms with van der Waals surface area (Å²) in [5.41, 5.74) is 1.09. The van der Waals surface area contributed by atoms with Gasteiger partial charge >= 0.3 is 0 Å². The van der Waals surface area contributed by atoms with Crippen LogP contribution < -0.4 is 14.8 Å². The van der Waals surface area contributed by atoms with E-state index in [1.54, 1.807) is 49.4 Å². The number of pyridine rings is 1. The SMILES string of the molecule is CCN(CC)S(=O)(=O)c1ccc2nnc(SC(C)C(=O)Nc3ccc4c(c3)OCCO4)n2c1. The molecule has 176 valence electrons. The number of ether oxygens (including phenoxy) is 2. The average molecular weight is 492 g/mol. The van der Waals surface area contributed by atoms with Gasteiger partial charge in [0.2, 0.25) is 15.9 Å². The maximum atomic E-state index is 12.9. The van der Waals surface area contributed by atoms with Crippen molar-refractivity contribution in [2.75, 3.05) is 31.6 Å². The number of sulfonamides is 1. The number of anilines is 1. The smallest absolute Gasteiger partial charge is 0.244 e. The zero-order chi connectivity index (χ0) is 23.6. The Labute approximate surface area is 196 Å². The Morgan fingerprint density at radius 2 is 1.88 bits per heavy atom. The maximum Gasteiger partial charge on any atom is 0.244 e. The zero-order valence-corrected chi connectivity index (χ0v) is 20.1. The van der Waals surface area contributed by atoms with Crippen LogP contribution in [-0.2, 0) is 14.8 Å². The quantitative estimate of drug-likeness (QED) is 0.478. The molecular weight excluding hydrogens is 466 g/mol. The van der Waals surface area contributed by atoms with Crippen molar-refractivity contribution in [1.82, 2.24) is 18.9 Å². The molecule has 0 saturated heterocycles. The van der Waals surface area contributed by atoms with Gasteiger partial charge in [-0.15, -0.1) is 10.2 Å². The van der Waals surface area contributed by atoms with Crippen LogP contribution in [0.15, 0.2) is 46.6 Å². The number of thioether (sulfide) groups is 1. The number of carbonyl (C=O) groups is 1. The standard InChI is InChI=1S/C21H25N5O5S2/c1-4-25(5-2)33(28,29)16-7-9-19-23-24-21(26(19)13-16)32-14(3)20(27)22-15-6-8-17-18(12-15)31-11-10-30-17/h6-9,12-14H,4-5,10-11H2,1-3H3,(H,22,27). The summed E-state index contributed by atoms with van der Waals surface area (Å²) >= 11 is 1.19. The molecule has 12 heteroatoms. The molecule has 0 bridgehead atoms. The van der Waals surface area contributed by atoms with Gasteiger partial charge in [0.1, 0.15) is 13.2 Å². The molecule has 0 saturated carbocycles. The molecule has 3 heterocycles. The van der Waals surface area contributed by atoms with Crippen LogP contribution in [0.25, 0.3) is 5.65 Å². The summed E-state index contributed by atoms with van der Waals surface area (Å²) in [7, 11) is -3.63. The number of carbonyl (C=O) groups excluding carboxylic acids is 1. The lowest BCUT2D eigenvalue weighted by Crippen LogP contribution is -2.30. The zero-order valence-electron chi connectivity index (χ0n) is 18.5. The first-order valence-electron chi connectivity index (χ1n) is 10.6. The highest BCUT2D eigenvalue weighted by atomic mass is 32.2. The van der Waals surface area contributed by atoms with Gasteiger partial charge in [-0.1, -0.05) is 25.6 Å². The average Bonchev–Trinajstić information content (AvgIpc) is 3.21. The van der Waals surface area contributed by atoms with Crippen LogP contribution >= 0.6 is 11.8 Å². The lowest BCUT2D eigenvalue weighted by Gasteiger charge is -2.19. The van der Waals surface area contributed by atoms with Crippen LogP contribution in [0.4, 0.5) is 5.69 Å². The number of amides is 1. The Kier molecular flexibility index (Phi) is 6.77. The highest BCUT2D eigenvalue weighted by Crippen LogP contribution is 2.33. The molecule has 1 aliphatic heterocycles. The van der Waals surface area contributed by atoms with Crippen molar-refractivity contribution in [1.29, 1.82) is 0 Å². The topological polar surface area (TPSA) is 115 Å². The fourth-order valence-corrected chi connectivity index (χ4v) is 5.66. The van der Waals surface area contributed by atoms with E-state index in [2.05, 4.69) is 15.5 Å². The van der Waals surface area contributed by atoms with Gasteiger partial charge in [-0.05, 0) is 31.2 Å². The van der Waals surface area contributed by atoms with Gasteiger partial charge in [-0.25, -0.2) is 8.42 Å². The van der Waals surface area contributed by atoms with Gasteiger partial charge in [0.15, 0.2) is 22.3 Å². The number of hydrogen-bond acceptors (Lipinski definition) is 8. The van der Waals surface area contributed by atoms with Crippen LogP contribution in [0.5, 0.6) is 11.5 Å². The highest BCUT2D eigenvalue weighted by Gasteiger charge is 2.24. The van der Waals surface area contributed by atoms with E-state index in [1.165, 1.54) is 28.3 Å². The summed E-state index contributed by atoms with van der Waals surface area (Å²) in [6.07, 6.45) is 1.50. The van der Waals surface area contributed by atoms with E-state index >= 15 is 0 Å². The monoisotopic (exact) mass is 491 g/mol. The Morgan fingerprint density at radius 3 is 2.61 bits per heavy atom. The Bertz CT molecular complexity index is 1270. The third-order valence-corrected chi connectivity index (χ3v) is 8.24. The van der Waals surface area contributed by atoms with Gasteiger partial charge in [-0.3, -0.25) is 9.20 Å². The van der Waals surface area contributed by atoms with E-state index in [-0.39, 0.29) is 10.8 Å². The third-order valence-electron chi connectivity index (χ3n) is 5.15. The summed E-state index contributed by atoms with van der Waals surface area (Å²) in [5, 5.41) is 11.0. The van der Waals surface area contributed by atoms with Crippen molar-refractivity contribution in [3.63, 3.8) is 0 Å². The predicted molar refractivity (Wildman–Crippen MR) is 124 cm³/mol. The number of rotatable bonds is 8. The molecule has 33 heavy (non-hydrogen) atoms. The van der Waals surface area contributed by atoms with Crippen LogP contribution in [0.3, 0.4) is 0 Å². The van der Waals surface area contributed by atoms with Gasteiger partial charge < -0.3 is 14.8 Å². The fourth-order valence-electron chi connectivity index (χ4n) is 3.37. The second-order valence-corrected chi connectivity index (χ2v) is 10.5. The number of benzene rings is 1. The molecule has 0 fully saturated rings. The molecule has 1 N–H and O–H groups in total. The molecule has 1 aromatic carbocycles. The first-order chi connectivity index (χ1) is 15.8. The van der Waals surface area contributed by atoms with Gasteiger partial charge in [0.25, 0.3) is 0 Å². The Morgan fingerprint density at radius 1 is 1.15 bits per heavy atom. The van der Waals surface area contributed by atoms with Crippen molar-refractivity contribution in [3.8, 4) is 11.5 Å². The van der Waals surface area contributed by atoms with E-state index in [0.717, 1.165) is 0 Å². The van der Waals surface area contributed by atoms with E-state index in [4.69, 9.17) is 9.47 Å². The summed E-state index contributed by atoms with van der Waals surface area (Å²) in [4.78, 5) is 12.9. The lowest BCUT2D eigenvalue weighted by molar-refractivity contribution is -0.115. The Hall–Kier alpha value is -2.83. The predicted octanol–water partition coefficient (Wildman–Crippen LogP) is 2.65. The third kappa shape index (κ3) is 4.77. The fraction of sp³-hybridized carbons (Fsp3) is 0.381. The molecule has 0 radical (unpaired) electrons. The van der Waals surface area contributed by atoms with Crippen molar-refractivity contribution in [2.24, 2.45) is 0 Å². The van der Waals surface area contributed by atoms with Crippen LogP contribution in [-0.4, -0.2) is 64.8 Å². The van der Waals surface area contributed by atoms with Crippen LogP contribution in [0.2, 0.25) is 0 Å². The summed E-state index contributed by atoms with van der Waals surface area (Å²) in [6.45, 7) is 7.04. The van der Waals surface area contributed by atoms with Gasteiger partial charge in [-0.2, -0.15) is 4.31 Å². The number of nitrogens with zero attached hydrogens (tertiary/aromatic N) is 4. The molecule has 1 amide bonds. The summed E-state index contributed by atoms with van der Waals surface area (Å²) in [6, 6.07) is 8.35. The van der Waals surface area contributed by atoms with E-state index in [0.29, 0.717) is 54.3 Å². The van der Waals surface area contributed by atoms with E-state index in [9.17, 15) is 13.2 Å². The van der Waals surface area contributed by atoms with E-state index < -0.39 is 15.3 Å². The second-order valence-electron chi connectivity index (χ2n) is 7.27. The molecule has 1 atom stereocenters. The maximum absolute atomic E-state index is 12.9. The normalized spacial score (nSPS) is 14.4. The minimum atomic E-state index is -3.63. The molecule has 3 aromatic rings. The molecule has 2 aromatic heterocycles. The summed E-state index contributed by atoms with van der Waals surface area (Å²) < 4.78 is 39.8. The van der Waals surface area contributed by atoms with Crippen molar-refractivity contribution in [2.45, 2.75) is 36.1 Å². The Balaban J connectivity index is 1.51. The molecule has 10 nitrogen and oxygen atoms in total. The van der Waals surface area contributed by atoms with Crippen molar-refractivity contribution >= 4 is 39.0 Å². The van der Waals surface area contributed by atoms with Crippen molar-refractivity contribution in [3.05, 3.63) is 36.5 Å². The number of fused-ring (bicyclic) bond motifs is 2. The second kappa shape index (κ2) is 9.57.